The van der Waals surface area contributed by atoms with Crippen molar-refractivity contribution in [2.24, 2.45) is 0 Å². The van der Waals surface area contributed by atoms with Crippen LogP contribution in [0.15, 0.2) is 42.5 Å². The predicted octanol–water partition coefficient (Wildman–Crippen LogP) is 3.00. The highest BCUT2D eigenvalue weighted by molar-refractivity contribution is 5.79. The van der Waals surface area contributed by atoms with E-state index in [1.54, 1.807) is 17.0 Å². The monoisotopic (exact) mass is 334 g/mol. The fourth-order valence-corrected chi connectivity index (χ4v) is 2.83. The second-order valence-electron chi connectivity index (χ2n) is 5.77. The highest BCUT2D eigenvalue weighted by atomic mass is 19.2. The molecule has 2 aromatic carbocycles. The summed E-state index contributed by atoms with van der Waals surface area (Å²) in [6.45, 7) is 2.07. The summed E-state index contributed by atoms with van der Waals surface area (Å²) in [4.78, 5) is 15.9. The second kappa shape index (κ2) is 6.95. The largest absolute Gasteiger partial charge is 0.368 e. The number of anilines is 1. The van der Waals surface area contributed by atoms with Gasteiger partial charge in [-0.15, -0.1) is 0 Å². The third-order valence-electron chi connectivity index (χ3n) is 4.15. The van der Waals surface area contributed by atoms with E-state index in [2.05, 4.69) is 0 Å². The van der Waals surface area contributed by atoms with E-state index in [4.69, 9.17) is 0 Å². The van der Waals surface area contributed by atoms with E-state index >= 15 is 0 Å². The highest BCUT2D eigenvalue weighted by Crippen LogP contribution is 2.20. The molecule has 0 aromatic heterocycles. The van der Waals surface area contributed by atoms with Gasteiger partial charge in [0.1, 0.15) is 5.82 Å². The minimum Gasteiger partial charge on any atom is -0.368 e. The molecule has 0 aliphatic carbocycles. The van der Waals surface area contributed by atoms with Crippen molar-refractivity contribution < 1.29 is 18.0 Å². The lowest BCUT2D eigenvalue weighted by atomic mass is 10.1. The molecule has 126 valence electrons. The van der Waals surface area contributed by atoms with Gasteiger partial charge < -0.3 is 9.80 Å². The minimum absolute atomic E-state index is 0.0643. The highest BCUT2D eigenvalue weighted by Gasteiger charge is 2.22. The molecule has 0 N–H and O–H groups in total. The third kappa shape index (κ3) is 3.69. The Kier molecular flexibility index (Phi) is 4.74. The molecule has 1 fully saturated rings. The fraction of sp³-hybridized carbons (Fsp3) is 0.278. The predicted molar refractivity (Wildman–Crippen MR) is 85.3 cm³/mol. The Balaban J connectivity index is 1.58. The molecule has 0 radical (unpaired) electrons. The normalized spacial score (nSPS) is 14.8. The number of hydrogen-bond acceptors (Lipinski definition) is 2. The van der Waals surface area contributed by atoms with Gasteiger partial charge in [-0.05, 0) is 29.8 Å². The van der Waals surface area contributed by atoms with Gasteiger partial charge in [0.15, 0.2) is 11.6 Å². The lowest BCUT2D eigenvalue weighted by Gasteiger charge is -2.36. The first-order valence-corrected chi connectivity index (χ1v) is 7.75. The van der Waals surface area contributed by atoms with Crippen molar-refractivity contribution in [3.63, 3.8) is 0 Å². The lowest BCUT2D eigenvalue weighted by molar-refractivity contribution is -0.130. The second-order valence-corrected chi connectivity index (χ2v) is 5.77. The number of rotatable bonds is 3. The van der Waals surface area contributed by atoms with E-state index in [0.29, 0.717) is 37.4 Å². The van der Waals surface area contributed by atoms with Crippen LogP contribution in [-0.2, 0) is 11.2 Å². The van der Waals surface area contributed by atoms with Gasteiger partial charge in [-0.3, -0.25) is 4.79 Å². The molecule has 1 heterocycles. The lowest BCUT2D eigenvalue weighted by Crippen LogP contribution is -2.49. The van der Waals surface area contributed by atoms with Gasteiger partial charge in [0.2, 0.25) is 5.91 Å². The maximum Gasteiger partial charge on any atom is 0.227 e. The first kappa shape index (κ1) is 16.4. The van der Waals surface area contributed by atoms with Crippen molar-refractivity contribution >= 4 is 11.6 Å². The summed E-state index contributed by atoms with van der Waals surface area (Å²) in [6.07, 6.45) is 0.156. The van der Waals surface area contributed by atoms with Crippen LogP contribution in [0.4, 0.5) is 18.9 Å². The summed E-state index contributed by atoms with van der Waals surface area (Å²) in [6, 6.07) is 9.80. The van der Waals surface area contributed by atoms with Gasteiger partial charge in [0.05, 0.1) is 6.42 Å². The van der Waals surface area contributed by atoms with Gasteiger partial charge in [0.25, 0.3) is 0 Å². The van der Waals surface area contributed by atoms with Gasteiger partial charge >= 0.3 is 0 Å². The molecule has 3 nitrogen and oxygen atoms in total. The fourth-order valence-electron chi connectivity index (χ4n) is 2.83. The zero-order valence-corrected chi connectivity index (χ0v) is 13.0. The summed E-state index contributed by atoms with van der Waals surface area (Å²) < 4.78 is 39.5. The zero-order chi connectivity index (χ0) is 17.1. The molecule has 0 saturated carbocycles. The SMILES string of the molecule is O=C(Cc1cccc(F)c1)N1CCN(c2ccc(F)c(F)c2)CC1. The van der Waals surface area contributed by atoms with Crippen LogP contribution in [0.5, 0.6) is 0 Å². The average Bonchev–Trinajstić information content (AvgIpc) is 2.57. The molecule has 24 heavy (non-hydrogen) atoms. The van der Waals surface area contributed by atoms with E-state index in [9.17, 15) is 18.0 Å². The van der Waals surface area contributed by atoms with E-state index < -0.39 is 11.6 Å². The van der Waals surface area contributed by atoms with Crippen molar-refractivity contribution in [1.82, 2.24) is 4.90 Å². The van der Waals surface area contributed by atoms with E-state index in [1.165, 1.54) is 24.3 Å². The van der Waals surface area contributed by atoms with Crippen LogP contribution in [0.25, 0.3) is 0 Å². The third-order valence-corrected chi connectivity index (χ3v) is 4.15. The number of halogens is 3. The Morgan fingerprint density at radius 2 is 1.67 bits per heavy atom. The van der Waals surface area contributed by atoms with Crippen molar-refractivity contribution in [3.05, 3.63) is 65.5 Å². The Bertz CT molecular complexity index is 743. The number of hydrogen-bond donors (Lipinski definition) is 0. The molecule has 1 amide bonds. The van der Waals surface area contributed by atoms with Crippen molar-refractivity contribution in [3.8, 4) is 0 Å². The topological polar surface area (TPSA) is 23.6 Å². The number of amides is 1. The van der Waals surface area contributed by atoms with Crippen molar-refractivity contribution in [1.29, 1.82) is 0 Å². The molecular formula is C18H17F3N2O. The van der Waals surface area contributed by atoms with Gasteiger partial charge in [-0.2, -0.15) is 0 Å². The van der Waals surface area contributed by atoms with Gasteiger partial charge in [0, 0.05) is 37.9 Å². The molecule has 3 rings (SSSR count). The van der Waals surface area contributed by atoms with E-state index in [0.717, 1.165) is 6.07 Å². The quantitative estimate of drug-likeness (QED) is 0.861. The van der Waals surface area contributed by atoms with Gasteiger partial charge in [-0.1, -0.05) is 12.1 Å². The molecule has 1 aliphatic heterocycles. The first-order chi connectivity index (χ1) is 11.5. The smallest absolute Gasteiger partial charge is 0.227 e. The van der Waals surface area contributed by atoms with E-state index in [1.807, 2.05) is 4.90 Å². The molecule has 0 unspecified atom stereocenters. The van der Waals surface area contributed by atoms with Gasteiger partial charge in [-0.25, -0.2) is 13.2 Å². The molecule has 1 aliphatic rings. The van der Waals surface area contributed by atoms with Crippen molar-refractivity contribution in [2.45, 2.75) is 6.42 Å². The first-order valence-electron chi connectivity index (χ1n) is 7.75. The Labute approximate surface area is 138 Å². The molecular weight excluding hydrogens is 317 g/mol. The van der Waals surface area contributed by atoms with Crippen LogP contribution >= 0.6 is 0 Å². The van der Waals surface area contributed by atoms with Crippen LogP contribution < -0.4 is 4.90 Å². The van der Waals surface area contributed by atoms with Crippen LogP contribution in [-0.4, -0.2) is 37.0 Å². The Morgan fingerprint density at radius 3 is 2.33 bits per heavy atom. The summed E-state index contributed by atoms with van der Waals surface area (Å²) in [5.41, 5.74) is 1.24. The average molecular weight is 334 g/mol. The van der Waals surface area contributed by atoms with Crippen LogP contribution in [0.1, 0.15) is 5.56 Å². The Hall–Kier alpha value is -2.50. The number of carbonyl (C=O) groups is 1. The van der Waals surface area contributed by atoms with Crippen LogP contribution in [0, 0.1) is 17.5 Å². The number of nitrogens with zero attached hydrogens (tertiary/aromatic N) is 2. The molecule has 0 spiro atoms. The summed E-state index contributed by atoms with van der Waals surface area (Å²) in [5.74, 6) is -2.17. The number of carbonyl (C=O) groups excluding carboxylic acids is 1. The van der Waals surface area contributed by atoms with E-state index in [-0.39, 0.29) is 18.1 Å². The van der Waals surface area contributed by atoms with Crippen LogP contribution in [0.2, 0.25) is 0 Å². The Morgan fingerprint density at radius 1 is 0.917 bits per heavy atom. The van der Waals surface area contributed by atoms with Crippen LogP contribution in [0.3, 0.4) is 0 Å². The van der Waals surface area contributed by atoms with Crippen molar-refractivity contribution in [2.75, 3.05) is 31.1 Å². The minimum atomic E-state index is -0.878. The molecule has 1 saturated heterocycles. The maximum absolute atomic E-state index is 13.3. The molecule has 0 atom stereocenters. The summed E-state index contributed by atoms with van der Waals surface area (Å²) in [7, 11) is 0. The molecule has 0 bridgehead atoms. The number of piperazine rings is 1. The number of benzene rings is 2. The maximum atomic E-state index is 13.3. The zero-order valence-electron chi connectivity index (χ0n) is 13.0. The standard InChI is InChI=1S/C18H17F3N2O/c19-14-3-1-2-13(10-14)11-18(24)23-8-6-22(7-9-23)15-4-5-16(20)17(21)12-15/h1-5,10,12H,6-9,11H2. The molecule has 2 aromatic rings. The molecule has 6 heteroatoms. The summed E-state index contributed by atoms with van der Waals surface area (Å²) >= 11 is 0. The summed E-state index contributed by atoms with van der Waals surface area (Å²) in [5, 5.41) is 0.